The maximum atomic E-state index is 5.68. The standard InChI is InChI=1S/C18H23NO2/c1-19(14-16-21-18-11-6-3-7-12-18)13-8-15-20-17-9-4-2-5-10-17/h2-7,9-12H,8,13-16H2,1H3. The maximum Gasteiger partial charge on any atom is 0.119 e. The summed E-state index contributed by atoms with van der Waals surface area (Å²) in [5, 5.41) is 0. The number of hydrogen-bond donors (Lipinski definition) is 0. The zero-order chi connectivity index (χ0) is 14.8. The minimum absolute atomic E-state index is 0.708. The lowest BCUT2D eigenvalue weighted by molar-refractivity contribution is 0.219. The first-order chi connectivity index (χ1) is 10.3. The van der Waals surface area contributed by atoms with Crippen molar-refractivity contribution in [2.45, 2.75) is 6.42 Å². The van der Waals surface area contributed by atoms with Gasteiger partial charge in [-0.15, -0.1) is 0 Å². The normalized spacial score (nSPS) is 10.6. The van der Waals surface area contributed by atoms with Crippen LogP contribution in [0.2, 0.25) is 0 Å². The van der Waals surface area contributed by atoms with Crippen LogP contribution in [0.15, 0.2) is 60.7 Å². The van der Waals surface area contributed by atoms with Gasteiger partial charge in [-0.1, -0.05) is 36.4 Å². The highest BCUT2D eigenvalue weighted by molar-refractivity contribution is 5.21. The summed E-state index contributed by atoms with van der Waals surface area (Å²) >= 11 is 0. The molecule has 2 rings (SSSR count). The fraction of sp³-hybridized carbons (Fsp3) is 0.333. The molecule has 21 heavy (non-hydrogen) atoms. The number of likely N-dealkylation sites (N-methyl/N-ethyl adjacent to an activating group) is 1. The molecule has 0 bridgehead atoms. The van der Waals surface area contributed by atoms with Gasteiger partial charge in [0.25, 0.3) is 0 Å². The van der Waals surface area contributed by atoms with E-state index in [1.165, 1.54) is 0 Å². The topological polar surface area (TPSA) is 21.7 Å². The largest absolute Gasteiger partial charge is 0.494 e. The van der Waals surface area contributed by atoms with Crippen molar-refractivity contribution < 1.29 is 9.47 Å². The molecular weight excluding hydrogens is 262 g/mol. The summed E-state index contributed by atoms with van der Waals surface area (Å²) in [5.74, 6) is 1.87. The summed E-state index contributed by atoms with van der Waals surface area (Å²) in [7, 11) is 2.11. The van der Waals surface area contributed by atoms with E-state index in [2.05, 4.69) is 11.9 Å². The van der Waals surface area contributed by atoms with E-state index in [-0.39, 0.29) is 0 Å². The van der Waals surface area contributed by atoms with E-state index >= 15 is 0 Å². The van der Waals surface area contributed by atoms with E-state index in [1.54, 1.807) is 0 Å². The molecule has 0 unspecified atom stereocenters. The molecule has 0 heterocycles. The van der Waals surface area contributed by atoms with E-state index in [1.807, 2.05) is 60.7 Å². The average Bonchev–Trinajstić information content (AvgIpc) is 2.54. The molecule has 0 aromatic heterocycles. The van der Waals surface area contributed by atoms with Gasteiger partial charge in [-0.3, -0.25) is 0 Å². The molecule has 0 fully saturated rings. The highest BCUT2D eigenvalue weighted by atomic mass is 16.5. The molecule has 3 nitrogen and oxygen atoms in total. The Morgan fingerprint density at radius 3 is 1.81 bits per heavy atom. The van der Waals surface area contributed by atoms with Gasteiger partial charge in [-0.2, -0.15) is 0 Å². The number of para-hydroxylation sites is 2. The summed E-state index contributed by atoms with van der Waals surface area (Å²) in [6.45, 7) is 3.37. The van der Waals surface area contributed by atoms with Gasteiger partial charge in [-0.25, -0.2) is 0 Å². The Balaban J connectivity index is 1.52. The Bertz CT molecular complexity index is 487. The van der Waals surface area contributed by atoms with Gasteiger partial charge in [0.15, 0.2) is 0 Å². The van der Waals surface area contributed by atoms with E-state index in [0.717, 1.165) is 37.6 Å². The van der Waals surface area contributed by atoms with Gasteiger partial charge in [0.1, 0.15) is 18.1 Å². The van der Waals surface area contributed by atoms with E-state index in [0.29, 0.717) is 6.61 Å². The summed E-state index contributed by atoms with van der Waals surface area (Å²) in [4.78, 5) is 2.26. The van der Waals surface area contributed by atoms with Crippen LogP contribution in [0.25, 0.3) is 0 Å². The second-order valence-electron chi connectivity index (χ2n) is 4.98. The van der Waals surface area contributed by atoms with Crippen LogP contribution >= 0.6 is 0 Å². The molecule has 0 aliphatic heterocycles. The number of hydrogen-bond acceptors (Lipinski definition) is 3. The molecule has 0 atom stereocenters. The van der Waals surface area contributed by atoms with Gasteiger partial charge in [0.2, 0.25) is 0 Å². The lowest BCUT2D eigenvalue weighted by atomic mass is 10.3. The third-order valence-electron chi connectivity index (χ3n) is 3.18. The van der Waals surface area contributed by atoms with E-state index in [4.69, 9.17) is 9.47 Å². The third-order valence-corrected chi connectivity index (χ3v) is 3.18. The molecule has 2 aromatic rings. The van der Waals surface area contributed by atoms with Gasteiger partial charge in [-0.05, 0) is 37.7 Å². The first-order valence-corrected chi connectivity index (χ1v) is 7.39. The Hall–Kier alpha value is -2.00. The van der Waals surface area contributed by atoms with Gasteiger partial charge in [0.05, 0.1) is 6.61 Å². The Morgan fingerprint density at radius 2 is 1.24 bits per heavy atom. The van der Waals surface area contributed by atoms with Crippen LogP contribution in [-0.4, -0.2) is 38.3 Å². The van der Waals surface area contributed by atoms with Crippen LogP contribution in [0, 0.1) is 0 Å². The minimum atomic E-state index is 0.708. The fourth-order valence-electron chi connectivity index (χ4n) is 1.99. The summed E-state index contributed by atoms with van der Waals surface area (Å²) in [5.41, 5.74) is 0. The molecule has 0 saturated carbocycles. The van der Waals surface area contributed by atoms with Crippen LogP contribution in [0.4, 0.5) is 0 Å². The number of benzene rings is 2. The zero-order valence-electron chi connectivity index (χ0n) is 12.6. The van der Waals surface area contributed by atoms with Crippen molar-refractivity contribution in [3.05, 3.63) is 60.7 Å². The molecular formula is C18H23NO2. The van der Waals surface area contributed by atoms with Crippen LogP contribution in [0.5, 0.6) is 11.5 Å². The van der Waals surface area contributed by atoms with Crippen LogP contribution in [0.3, 0.4) is 0 Å². The molecule has 2 aromatic carbocycles. The van der Waals surface area contributed by atoms with Crippen molar-refractivity contribution >= 4 is 0 Å². The van der Waals surface area contributed by atoms with Crippen molar-refractivity contribution in [3.63, 3.8) is 0 Å². The highest BCUT2D eigenvalue weighted by Crippen LogP contribution is 2.09. The third kappa shape index (κ3) is 6.32. The summed E-state index contributed by atoms with van der Waals surface area (Å²) < 4.78 is 11.4. The van der Waals surface area contributed by atoms with Gasteiger partial charge in [0, 0.05) is 13.1 Å². The SMILES string of the molecule is CN(CCCOc1ccccc1)CCOc1ccccc1. The van der Waals surface area contributed by atoms with Gasteiger partial charge >= 0.3 is 0 Å². The molecule has 0 aliphatic rings. The molecule has 0 spiro atoms. The first-order valence-electron chi connectivity index (χ1n) is 7.39. The fourth-order valence-corrected chi connectivity index (χ4v) is 1.99. The van der Waals surface area contributed by atoms with Crippen LogP contribution < -0.4 is 9.47 Å². The quantitative estimate of drug-likeness (QED) is 0.659. The van der Waals surface area contributed by atoms with Gasteiger partial charge < -0.3 is 14.4 Å². The van der Waals surface area contributed by atoms with E-state index in [9.17, 15) is 0 Å². The predicted molar refractivity (Wildman–Crippen MR) is 86.0 cm³/mol. The molecule has 0 saturated heterocycles. The Labute approximate surface area is 127 Å². The smallest absolute Gasteiger partial charge is 0.119 e. The van der Waals surface area contributed by atoms with E-state index < -0.39 is 0 Å². The highest BCUT2D eigenvalue weighted by Gasteiger charge is 2.00. The number of rotatable bonds is 9. The molecule has 0 N–H and O–H groups in total. The summed E-state index contributed by atoms with van der Waals surface area (Å²) in [6, 6.07) is 19.9. The first kappa shape index (κ1) is 15.4. The zero-order valence-corrected chi connectivity index (χ0v) is 12.6. The second kappa shape index (κ2) is 9.03. The molecule has 0 radical (unpaired) electrons. The van der Waals surface area contributed by atoms with Crippen molar-refractivity contribution in [2.24, 2.45) is 0 Å². The number of nitrogens with zero attached hydrogens (tertiary/aromatic N) is 1. The molecule has 0 amide bonds. The molecule has 0 aliphatic carbocycles. The lowest BCUT2D eigenvalue weighted by Crippen LogP contribution is -2.26. The minimum Gasteiger partial charge on any atom is -0.494 e. The monoisotopic (exact) mass is 285 g/mol. The molecule has 3 heteroatoms. The Morgan fingerprint density at radius 1 is 0.714 bits per heavy atom. The molecule has 112 valence electrons. The average molecular weight is 285 g/mol. The van der Waals surface area contributed by atoms with Crippen molar-refractivity contribution in [3.8, 4) is 11.5 Å². The lowest BCUT2D eigenvalue weighted by Gasteiger charge is -2.17. The van der Waals surface area contributed by atoms with Crippen molar-refractivity contribution in [1.29, 1.82) is 0 Å². The maximum absolute atomic E-state index is 5.68. The van der Waals surface area contributed by atoms with Crippen LogP contribution in [0.1, 0.15) is 6.42 Å². The predicted octanol–water partition coefficient (Wildman–Crippen LogP) is 3.47. The second-order valence-corrected chi connectivity index (χ2v) is 4.98. The number of ether oxygens (including phenoxy) is 2. The van der Waals surface area contributed by atoms with Crippen molar-refractivity contribution in [1.82, 2.24) is 4.90 Å². The van der Waals surface area contributed by atoms with Crippen molar-refractivity contribution in [2.75, 3.05) is 33.4 Å². The van der Waals surface area contributed by atoms with Crippen LogP contribution in [-0.2, 0) is 0 Å². The Kier molecular flexibility index (Phi) is 6.62. The summed E-state index contributed by atoms with van der Waals surface area (Å²) in [6.07, 6.45) is 1.01.